The molecule has 2 atom stereocenters. The van der Waals surface area contributed by atoms with Gasteiger partial charge >= 0.3 is 5.97 Å². The quantitative estimate of drug-likeness (QED) is 0.794. The highest BCUT2D eigenvalue weighted by atomic mass is 16.5. The molecule has 5 heteroatoms. The van der Waals surface area contributed by atoms with Crippen LogP contribution in [-0.4, -0.2) is 35.4 Å². The van der Waals surface area contributed by atoms with Gasteiger partial charge in [-0.25, -0.2) is 4.79 Å². The predicted molar refractivity (Wildman–Crippen MR) is 71.1 cm³/mol. The van der Waals surface area contributed by atoms with Gasteiger partial charge in [-0.3, -0.25) is 0 Å². The number of hydrogen-bond donors (Lipinski definition) is 2. The predicted octanol–water partition coefficient (Wildman–Crippen LogP) is 1.06. The summed E-state index contributed by atoms with van der Waals surface area (Å²) in [7, 11) is 1.37. The molecule has 1 heterocycles. The SMILES string of the molecule is COC(=O)c1ccccc1CN1C=CNC1C(C)O. The van der Waals surface area contributed by atoms with Crippen molar-refractivity contribution in [2.75, 3.05) is 7.11 Å². The van der Waals surface area contributed by atoms with Crippen molar-refractivity contribution in [2.24, 2.45) is 0 Å². The van der Waals surface area contributed by atoms with Crippen LogP contribution in [0.1, 0.15) is 22.8 Å². The van der Waals surface area contributed by atoms with Crippen LogP contribution in [0, 0.1) is 0 Å². The molecule has 1 aliphatic heterocycles. The van der Waals surface area contributed by atoms with Crippen LogP contribution in [0.15, 0.2) is 36.7 Å². The lowest BCUT2D eigenvalue weighted by molar-refractivity contribution is 0.0595. The van der Waals surface area contributed by atoms with Crippen LogP contribution in [0.25, 0.3) is 0 Å². The molecule has 0 radical (unpaired) electrons. The molecule has 0 bridgehead atoms. The van der Waals surface area contributed by atoms with Crippen molar-refractivity contribution in [2.45, 2.75) is 25.7 Å². The summed E-state index contributed by atoms with van der Waals surface area (Å²) >= 11 is 0. The molecule has 0 saturated heterocycles. The van der Waals surface area contributed by atoms with Crippen LogP contribution in [0.4, 0.5) is 0 Å². The zero-order valence-electron chi connectivity index (χ0n) is 11.0. The summed E-state index contributed by atoms with van der Waals surface area (Å²) in [6.45, 7) is 2.26. The minimum absolute atomic E-state index is 0.175. The van der Waals surface area contributed by atoms with E-state index in [0.29, 0.717) is 12.1 Å². The first-order valence-electron chi connectivity index (χ1n) is 6.16. The molecule has 2 N–H and O–H groups in total. The summed E-state index contributed by atoms with van der Waals surface area (Å²) in [4.78, 5) is 13.7. The summed E-state index contributed by atoms with van der Waals surface area (Å²) in [6, 6.07) is 7.32. The summed E-state index contributed by atoms with van der Waals surface area (Å²) < 4.78 is 4.78. The Morgan fingerprint density at radius 2 is 2.26 bits per heavy atom. The van der Waals surface area contributed by atoms with Gasteiger partial charge in [-0.05, 0) is 18.6 Å². The van der Waals surface area contributed by atoms with E-state index in [1.165, 1.54) is 7.11 Å². The smallest absolute Gasteiger partial charge is 0.338 e. The van der Waals surface area contributed by atoms with E-state index in [1.807, 2.05) is 23.2 Å². The fourth-order valence-electron chi connectivity index (χ4n) is 2.16. The fourth-order valence-corrected chi connectivity index (χ4v) is 2.16. The van der Waals surface area contributed by atoms with Gasteiger partial charge in [0.05, 0.1) is 18.8 Å². The second kappa shape index (κ2) is 5.75. The Kier molecular flexibility index (Phi) is 4.06. The third-order valence-corrected chi connectivity index (χ3v) is 3.12. The van der Waals surface area contributed by atoms with Gasteiger partial charge in [0.1, 0.15) is 6.17 Å². The molecule has 0 spiro atoms. The van der Waals surface area contributed by atoms with Crippen LogP contribution in [-0.2, 0) is 11.3 Å². The van der Waals surface area contributed by atoms with Crippen molar-refractivity contribution in [3.63, 3.8) is 0 Å². The topological polar surface area (TPSA) is 61.8 Å². The molecule has 102 valence electrons. The van der Waals surface area contributed by atoms with Crippen LogP contribution in [0.5, 0.6) is 0 Å². The van der Waals surface area contributed by atoms with Crippen molar-refractivity contribution < 1.29 is 14.6 Å². The zero-order chi connectivity index (χ0) is 13.8. The zero-order valence-corrected chi connectivity index (χ0v) is 11.0. The normalized spacial score (nSPS) is 19.1. The van der Waals surface area contributed by atoms with Crippen LogP contribution < -0.4 is 5.32 Å². The number of nitrogens with one attached hydrogen (secondary N) is 1. The Balaban J connectivity index is 2.19. The van der Waals surface area contributed by atoms with Crippen molar-refractivity contribution in [3.05, 3.63) is 47.8 Å². The third-order valence-electron chi connectivity index (χ3n) is 3.12. The highest BCUT2D eigenvalue weighted by Gasteiger charge is 2.24. The number of nitrogens with zero attached hydrogens (tertiary/aromatic N) is 1. The van der Waals surface area contributed by atoms with Crippen LogP contribution in [0.2, 0.25) is 0 Å². The average Bonchev–Trinajstić information content (AvgIpc) is 2.87. The number of hydrogen-bond acceptors (Lipinski definition) is 5. The van der Waals surface area contributed by atoms with E-state index in [1.54, 1.807) is 25.3 Å². The summed E-state index contributed by atoms with van der Waals surface area (Å²) in [6.07, 6.45) is 2.97. The largest absolute Gasteiger partial charge is 0.465 e. The van der Waals surface area contributed by atoms with E-state index < -0.39 is 6.10 Å². The maximum absolute atomic E-state index is 11.7. The van der Waals surface area contributed by atoms with Crippen LogP contribution in [0.3, 0.4) is 0 Å². The highest BCUT2D eigenvalue weighted by Crippen LogP contribution is 2.17. The lowest BCUT2D eigenvalue weighted by Crippen LogP contribution is -2.43. The fraction of sp³-hybridized carbons (Fsp3) is 0.357. The van der Waals surface area contributed by atoms with Gasteiger partial charge in [0.15, 0.2) is 0 Å². The minimum atomic E-state index is -0.514. The second-order valence-corrected chi connectivity index (χ2v) is 4.49. The summed E-state index contributed by atoms with van der Waals surface area (Å²) in [5.41, 5.74) is 1.42. The van der Waals surface area contributed by atoms with E-state index in [4.69, 9.17) is 4.74 Å². The van der Waals surface area contributed by atoms with Gasteiger partial charge in [-0.15, -0.1) is 0 Å². The Morgan fingerprint density at radius 3 is 2.95 bits per heavy atom. The van der Waals surface area contributed by atoms with Gasteiger partial charge in [0.2, 0.25) is 0 Å². The Hall–Kier alpha value is -2.01. The number of methoxy groups -OCH3 is 1. The highest BCUT2D eigenvalue weighted by molar-refractivity contribution is 5.90. The molecule has 0 aliphatic carbocycles. The standard InChI is InChI=1S/C14H18N2O3/c1-10(17)13-15-7-8-16(13)9-11-5-3-4-6-12(11)14(18)19-2/h3-8,10,13,15,17H,9H2,1-2H3. The summed E-state index contributed by atoms with van der Waals surface area (Å²) in [5, 5.41) is 12.8. The molecule has 19 heavy (non-hydrogen) atoms. The minimum Gasteiger partial charge on any atom is -0.465 e. The lowest BCUT2D eigenvalue weighted by atomic mass is 10.1. The van der Waals surface area contributed by atoms with Crippen LogP contribution >= 0.6 is 0 Å². The average molecular weight is 262 g/mol. The maximum Gasteiger partial charge on any atom is 0.338 e. The van der Waals surface area contributed by atoms with Crippen molar-refractivity contribution >= 4 is 5.97 Å². The number of ether oxygens (including phenoxy) is 1. The van der Waals surface area contributed by atoms with Crippen molar-refractivity contribution in [1.29, 1.82) is 0 Å². The van der Waals surface area contributed by atoms with E-state index in [9.17, 15) is 9.90 Å². The maximum atomic E-state index is 11.7. The van der Waals surface area contributed by atoms with Gasteiger partial charge in [0.25, 0.3) is 0 Å². The van der Waals surface area contributed by atoms with Gasteiger partial charge in [0, 0.05) is 18.9 Å². The molecule has 0 aromatic heterocycles. The number of aliphatic hydroxyl groups excluding tert-OH is 1. The second-order valence-electron chi connectivity index (χ2n) is 4.49. The molecular formula is C14H18N2O3. The molecule has 0 saturated carbocycles. The molecule has 5 nitrogen and oxygen atoms in total. The van der Waals surface area contributed by atoms with Gasteiger partial charge in [-0.2, -0.15) is 0 Å². The third kappa shape index (κ3) is 2.88. The van der Waals surface area contributed by atoms with Crippen molar-refractivity contribution in [1.82, 2.24) is 10.2 Å². The molecular weight excluding hydrogens is 244 g/mol. The Labute approximate surface area is 112 Å². The Bertz CT molecular complexity index is 485. The molecule has 1 aromatic carbocycles. The molecule has 0 amide bonds. The van der Waals surface area contributed by atoms with E-state index in [0.717, 1.165) is 5.56 Å². The molecule has 2 rings (SSSR count). The summed E-state index contributed by atoms with van der Waals surface area (Å²) in [5.74, 6) is -0.347. The first kappa shape index (κ1) is 13.4. The molecule has 1 aliphatic rings. The Morgan fingerprint density at radius 1 is 1.53 bits per heavy atom. The number of rotatable bonds is 4. The monoisotopic (exact) mass is 262 g/mol. The number of carbonyl (C=O) groups is 1. The van der Waals surface area contributed by atoms with Gasteiger partial charge in [-0.1, -0.05) is 18.2 Å². The molecule has 2 unspecified atom stereocenters. The number of benzene rings is 1. The first-order chi connectivity index (χ1) is 9.13. The molecule has 0 fully saturated rings. The van der Waals surface area contributed by atoms with E-state index >= 15 is 0 Å². The number of carbonyl (C=O) groups excluding carboxylic acids is 1. The van der Waals surface area contributed by atoms with Gasteiger partial charge < -0.3 is 20.1 Å². The van der Waals surface area contributed by atoms with E-state index in [-0.39, 0.29) is 12.1 Å². The van der Waals surface area contributed by atoms with Crippen molar-refractivity contribution in [3.8, 4) is 0 Å². The lowest BCUT2D eigenvalue weighted by Gasteiger charge is -2.28. The molecule has 1 aromatic rings. The number of esters is 1. The number of aliphatic hydroxyl groups is 1. The first-order valence-corrected chi connectivity index (χ1v) is 6.16. The van der Waals surface area contributed by atoms with E-state index in [2.05, 4.69) is 5.32 Å².